The normalized spacial score (nSPS) is 20.2. The molecule has 2 rings (SSSR count). The number of nitrogen functional groups attached to an aromatic ring is 1. The molecule has 1 heterocycles. The fraction of sp³-hybridized carbons (Fsp3) is 0.500. The number of hydrogen-bond acceptors (Lipinski definition) is 3. The van der Waals surface area contributed by atoms with Crippen LogP contribution in [0.1, 0.15) is 23.2 Å². The molecule has 0 aromatic heterocycles. The molecule has 5 heteroatoms. The minimum Gasteiger partial charge on any atom is -0.399 e. The molecule has 1 aliphatic rings. The maximum Gasteiger partial charge on any atom is 0.251 e. The molecule has 1 aliphatic heterocycles. The molecule has 1 aromatic rings. The number of nitrogens with zero attached hydrogens (tertiary/aromatic N) is 1. The van der Waals surface area contributed by atoms with Crippen molar-refractivity contribution in [1.82, 2.24) is 10.2 Å². The number of likely N-dealkylation sites (tertiary alicyclic amines) is 1. The molecule has 0 radical (unpaired) electrons. The highest BCUT2D eigenvalue weighted by Crippen LogP contribution is 2.17. The third-order valence-electron chi connectivity index (χ3n) is 3.46. The zero-order chi connectivity index (χ0) is 13.8. The van der Waals surface area contributed by atoms with Gasteiger partial charge in [-0.05, 0) is 50.6 Å². The topological polar surface area (TPSA) is 58.4 Å². The van der Waals surface area contributed by atoms with Gasteiger partial charge in [-0.3, -0.25) is 4.79 Å². The smallest absolute Gasteiger partial charge is 0.251 e. The molecule has 104 valence electrons. The number of nitrogens with one attached hydrogen (secondary N) is 1. The summed E-state index contributed by atoms with van der Waals surface area (Å²) in [6, 6.07) is 4.92. The molecule has 1 amide bonds. The highest BCUT2D eigenvalue weighted by Gasteiger charge is 2.18. The van der Waals surface area contributed by atoms with E-state index in [9.17, 15) is 4.79 Å². The van der Waals surface area contributed by atoms with Crippen molar-refractivity contribution < 1.29 is 4.79 Å². The van der Waals surface area contributed by atoms with Gasteiger partial charge in [-0.1, -0.05) is 11.6 Å². The average Bonchev–Trinajstić information content (AvgIpc) is 2.35. The van der Waals surface area contributed by atoms with Gasteiger partial charge in [-0.2, -0.15) is 0 Å². The number of amides is 1. The molecule has 1 fully saturated rings. The summed E-state index contributed by atoms with van der Waals surface area (Å²) in [5.74, 6) is 0.418. The van der Waals surface area contributed by atoms with E-state index in [4.69, 9.17) is 17.3 Å². The first-order valence-corrected chi connectivity index (χ1v) is 6.95. The van der Waals surface area contributed by atoms with Crippen LogP contribution in [0.25, 0.3) is 0 Å². The van der Waals surface area contributed by atoms with Gasteiger partial charge in [0.05, 0.1) is 0 Å². The fourth-order valence-corrected chi connectivity index (χ4v) is 2.77. The summed E-state index contributed by atoms with van der Waals surface area (Å²) in [7, 11) is 2.12. The van der Waals surface area contributed by atoms with Crippen LogP contribution >= 0.6 is 11.6 Å². The van der Waals surface area contributed by atoms with Crippen molar-refractivity contribution in [2.24, 2.45) is 5.92 Å². The standard InChI is InChI=1S/C14H20ClN3O/c1-18-4-2-3-10(9-18)8-17-14(19)11-5-12(15)7-13(16)6-11/h5-7,10H,2-4,8-9,16H2,1H3,(H,17,19). The summed E-state index contributed by atoms with van der Waals surface area (Å²) in [6.07, 6.45) is 2.36. The van der Waals surface area contributed by atoms with Crippen LogP contribution in [0.4, 0.5) is 5.69 Å². The Balaban J connectivity index is 1.90. The van der Waals surface area contributed by atoms with Gasteiger partial charge in [0, 0.05) is 29.4 Å². The van der Waals surface area contributed by atoms with Crippen LogP contribution in [0.2, 0.25) is 5.02 Å². The quantitative estimate of drug-likeness (QED) is 0.833. The van der Waals surface area contributed by atoms with Gasteiger partial charge in [0.2, 0.25) is 0 Å². The summed E-state index contributed by atoms with van der Waals surface area (Å²) >= 11 is 5.90. The third kappa shape index (κ3) is 4.11. The summed E-state index contributed by atoms with van der Waals surface area (Å²) < 4.78 is 0. The second-order valence-corrected chi connectivity index (χ2v) is 5.69. The summed E-state index contributed by atoms with van der Waals surface area (Å²) in [5.41, 5.74) is 6.71. The predicted molar refractivity (Wildman–Crippen MR) is 78.4 cm³/mol. The van der Waals surface area contributed by atoms with E-state index in [1.165, 1.54) is 12.8 Å². The van der Waals surface area contributed by atoms with E-state index in [-0.39, 0.29) is 5.91 Å². The minimum atomic E-state index is -0.109. The first kappa shape index (κ1) is 14.2. The Morgan fingerprint density at radius 2 is 2.32 bits per heavy atom. The highest BCUT2D eigenvalue weighted by atomic mass is 35.5. The van der Waals surface area contributed by atoms with Crippen molar-refractivity contribution >= 4 is 23.2 Å². The molecule has 0 aliphatic carbocycles. The second-order valence-electron chi connectivity index (χ2n) is 5.25. The van der Waals surface area contributed by atoms with Gasteiger partial charge >= 0.3 is 0 Å². The maximum atomic E-state index is 12.0. The number of carbonyl (C=O) groups is 1. The van der Waals surface area contributed by atoms with Crippen LogP contribution in [0.15, 0.2) is 18.2 Å². The van der Waals surface area contributed by atoms with E-state index in [1.54, 1.807) is 18.2 Å². The van der Waals surface area contributed by atoms with Gasteiger partial charge in [0.1, 0.15) is 0 Å². The van der Waals surface area contributed by atoms with Crippen molar-refractivity contribution in [3.63, 3.8) is 0 Å². The summed E-state index contributed by atoms with van der Waals surface area (Å²) in [5, 5.41) is 3.45. The molecule has 4 nitrogen and oxygen atoms in total. The minimum absolute atomic E-state index is 0.109. The van der Waals surface area contributed by atoms with Gasteiger partial charge in [-0.15, -0.1) is 0 Å². The van der Waals surface area contributed by atoms with E-state index in [0.29, 0.717) is 28.7 Å². The van der Waals surface area contributed by atoms with Crippen LogP contribution in [0.3, 0.4) is 0 Å². The fourth-order valence-electron chi connectivity index (χ4n) is 2.52. The highest BCUT2D eigenvalue weighted by molar-refractivity contribution is 6.31. The monoisotopic (exact) mass is 281 g/mol. The molecular weight excluding hydrogens is 262 g/mol. The lowest BCUT2D eigenvalue weighted by Gasteiger charge is -2.29. The Labute approximate surface area is 118 Å². The van der Waals surface area contributed by atoms with E-state index in [0.717, 1.165) is 13.1 Å². The summed E-state index contributed by atoms with van der Waals surface area (Å²) in [4.78, 5) is 14.3. The largest absolute Gasteiger partial charge is 0.399 e. The van der Waals surface area contributed by atoms with Crippen LogP contribution in [0, 0.1) is 5.92 Å². The third-order valence-corrected chi connectivity index (χ3v) is 3.67. The molecule has 3 N–H and O–H groups in total. The first-order chi connectivity index (χ1) is 9.04. The molecule has 0 saturated carbocycles. The Bertz CT molecular complexity index is 444. The zero-order valence-electron chi connectivity index (χ0n) is 11.2. The van der Waals surface area contributed by atoms with Crippen molar-refractivity contribution in [1.29, 1.82) is 0 Å². The zero-order valence-corrected chi connectivity index (χ0v) is 11.9. The van der Waals surface area contributed by atoms with E-state index < -0.39 is 0 Å². The number of benzene rings is 1. The van der Waals surface area contributed by atoms with Gasteiger partial charge in [-0.25, -0.2) is 0 Å². The van der Waals surface area contributed by atoms with Crippen molar-refractivity contribution in [2.75, 3.05) is 32.4 Å². The van der Waals surface area contributed by atoms with E-state index >= 15 is 0 Å². The number of carbonyl (C=O) groups excluding carboxylic acids is 1. The number of halogens is 1. The van der Waals surface area contributed by atoms with Crippen LogP contribution in [0.5, 0.6) is 0 Å². The summed E-state index contributed by atoms with van der Waals surface area (Å²) in [6.45, 7) is 2.89. The Kier molecular flexibility index (Phi) is 4.66. The number of anilines is 1. The number of nitrogens with two attached hydrogens (primary N) is 1. The Hall–Kier alpha value is -1.26. The molecule has 1 aromatic carbocycles. The van der Waals surface area contributed by atoms with Gasteiger partial charge in [0.15, 0.2) is 0 Å². The van der Waals surface area contributed by atoms with Gasteiger partial charge < -0.3 is 16.0 Å². The van der Waals surface area contributed by atoms with Crippen LogP contribution in [-0.2, 0) is 0 Å². The average molecular weight is 282 g/mol. The van der Waals surface area contributed by atoms with Crippen molar-refractivity contribution in [3.8, 4) is 0 Å². The van der Waals surface area contributed by atoms with E-state index in [2.05, 4.69) is 17.3 Å². The molecular formula is C14H20ClN3O. The van der Waals surface area contributed by atoms with Gasteiger partial charge in [0.25, 0.3) is 5.91 Å². The van der Waals surface area contributed by atoms with Crippen molar-refractivity contribution in [3.05, 3.63) is 28.8 Å². The number of piperidine rings is 1. The molecule has 1 saturated heterocycles. The molecule has 1 unspecified atom stereocenters. The SMILES string of the molecule is CN1CCCC(CNC(=O)c2cc(N)cc(Cl)c2)C1. The lowest BCUT2D eigenvalue weighted by Crippen LogP contribution is -2.39. The number of rotatable bonds is 3. The lowest BCUT2D eigenvalue weighted by atomic mass is 9.98. The molecule has 0 bridgehead atoms. The number of hydrogen-bond donors (Lipinski definition) is 2. The van der Waals surface area contributed by atoms with Crippen LogP contribution < -0.4 is 11.1 Å². The predicted octanol–water partition coefficient (Wildman–Crippen LogP) is 1.99. The van der Waals surface area contributed by atoms with E-state index in [1.807, 2.05) is 0 Å². The Morgan fingerprint density at radius 1 is 1.53 bits per heavy atom. The Morgan fingerprint density at radius 3 is 3.00 bits per heavy atom. The second kappa shape index (κ2) is 6.26. The molecule has 1 atom stereocenters. The lowest BCUT2D eigenvalue weighted by molar-refractivity contribution is 0.0937. The van der Waals surface area contributed by atoms with Crippen LogP contribution in [-0.4, -0.2) is 37.5 Å². The molecule has 19 heavy (non-hydrogen) atoms. The maximum absolute atomic E-state index is 12.0. The van der Waals surface area contributed by atoms with Crippen molar-refractivity contribution in [2.45, 2.75) is 12.8 Å². The first-order valence-electron chi connectivity index (χ1n) is 6.57. The molecule has 0 spiro atoms.